The van der Waals surface area contributed by atoms with Crippen LogP contribution < -0.4 is 5.73 Å². The van der Waals surface area contributed by atoms with Crippen LogP contribution in [0.5, 0.6) is 0 Å². The van der Waals surface area contributed by atoms with Gasteiger partial charge in [-0.05, 0) is 24.6 Å². The fourth-order valence-corrected chi connectivity index (χ4v) is 3.16. The van der Waals surface area contributed by atoms with Crippen LogP contribution in [0.3, 0.4) is 0 Å². The van der Waals surface area contributed by atoms with Gasteiger partial charge >= 0.3 is 0 Å². The number of hydrogen-bond donors (Lipinski definition) is 1. The van der Waals surface area contributed by atoms with Crippen molar-refractivity contribution in [3.8, 4) is 11.1 Å². The van der Waals surface area contributed by atoms with Gasteiger partial charge in [-0.25, -0.2) is 0 Å². The highest BCUT2D eigenvalue weighted by Crippen LogP contribution is 2.25. The number of nitrogens with two attached hydrogens (primary N) is 1. The van der Waals surface area contributed by atoms with Crippen molar-refractivity contribution in [2.24, 2.45) is 0 Å². The first kappa shape index (κ1) is 12.9. The molecule has 3 rings (SSSR count). The number of rotatable bonds is 4. The quantitative estimate of drug-likeness (QED) is 0.740. The predicted molar refractivity (Wildman–Crippen MR) is 84.9 cm³/mol. The van der Waals surface area contributed by atoms with Crippen molar-refractivity contribution >= 4 is 17.0 Å². The molecule has 2 N–H and O–H groups in total. The maximum absolute atomic E-state index is 6.00. The molecule has 2 heterocycles. The Kier molecular flexibility index (Phi) is 3.56. The molecule has 20 heavy (non-hydrogen) atoms. The van der Waals surface area contributed by atoms with Crippen LogP contribution in [-0.4, -0.2) is 9.78 Å². The third kappa shape index (κ3) is 2.60. The number of aryl methyl sites for hydroxylation is 1. The summed E-state index contributed by atoms with van der Waals surface area (Å²) in [6.45, 7) is 3.00. The Morgan fingerprint density at radius 2 is 1.95 bits per heavy atom. The lowest BCUT2D eigenvalue weighted by Crippen LogP contribution is -1.97. The summed E-state index contributed by atoms with van der Waals surface area (Å²) in [4.78, 5) is 2.75. The molecule has 0 saturated carbocycles. The Balaban J connectivity index is 1.82. The normalized spacial score (nSPS) is 10.8. The number of nitrogens with zero attached hydrogens (tertiary/aromatic N) is 2. The van der Waals surface area contributed by atoms with E-state index in [4.69, 9.17) is 5.73 Å². The van der Waals surface area contributed by atoms with E-state index in [1.165, 1.54) is 9.75 Å². The Labute approximate surface area is 122 Å². The molecule has 3 aromatic rings. The van der Waals surface area contributed by atoms with Crippen molar-refractivity contribution in [1.29, 1.82) is 0 Å². The third-order valence-corrected chi connectivity index (χ3v) is 4.50. The van der Waals surface area contributed by atoms with Gasteiger partial charge in [0, 0.05) is 32.8 Å². The smallest absolute Gasteiger partial charge is 0.0752 e. The Morgan fingerprint density at radius 1 is 1.15 bits per heavy atom. The summed E-state index contributed by atoms with van der Waals surface area (Å²) in [5.41, 5.74) is 8.90. The molecule has 0 aliphatic rings. The highest BCUT2D eigenvalue weighted by molar-refractivity contribution is 7.11. The van der Waals surface area contributed by atoms with Gasteiger partial charge < -0.3 is 5.73 Å². The van der Waals surface area contributed by atoms with Gasteiger partial charge in [0.05, 0.1) is 12.7 Å². The van der Waals surface area contributed by atoms with E-state index in [0.717, 1.165) is 29.8 Å². The van der Waals surface area contributed by atoms with Gasteiger partial charge in [-0.1, -0.05) is 25.1 Å². The molecule has 0 amide bonds. The van der Waals surface area contributed by atoms with Gasteiger partial charge in [-0.3, -0.25) is 4.68 Å². The van der Waals surface area contributed by atoms with Gasteiger partial charge in [0.15, 0.2) is 0 Å². The van der Waals surface area contributed by atoms with Crippen molar-refractivity contribution in [3.63, 3.8) is 0 Å². The number of nitrogen functional groups attached to an aromatic ring is 1. The zero-order valence-corrected chi connectivity index (χ0v) is 12.2. The molecule has 3 nitrogen and oxygen atoms in total. The average Bonchev–Trinajstić information content (AvgIpc) is 3.09. The van der Waals surface area contributed by atoms with Crippen LogP contribution in [0.15, 0.2) is 48.8 Å². The lowest BCUT2D eigenvalue weighted by molar-refractivity contribution is 0.695. The number of hydrogen-bond acceptors (Lipinski definition) is 3. The second-order valence-corrected chi connectivity index (χ2v) is 5.99. The van der Waals surface area contributed by atoms with Crippen LogP contribution in [0.4, 0.5) is 5.69 Å². The number of thiophene rings is 1. The minimum absolute atomic E-state index is 0.788. The summed E-state index contributed by atoms with van der Waals surface area (Å²) < 4.78 is 1.97. The molecule has 0 aliphatic carbocycles. The van der Waals surface area contributed by atoms with Crippen LogP contribution in [0.2, 0.25) is 0 Å². The third-order valence-electron chi connectivity index (χ3n) is 3.29. The van der Waals surface area contributed by atoms with Crippen LogP contribution in [0.25, 0.3) is 11.1 Å². The molecule has 0 bridgehead atoms. The second kappa shape index (κ2) is 5.51. The summed E-state index contributed by atoms with van der Waals surface area (Å²) in [5.74, 6) is 0. The zero-order chi connectivity index (χ0) is 13.9. The average molecular weight is 283 g/mol. The highest BCUT2D eigenvalue weighted by Gasteiger charge is 2.06. The molecule has 0 unspecified atom stereocenters. The molecule has 0 aliphatic heterocycles. The van der Waals surface area contributed by atoms with Crippen molar-refractivity contribution in [2.75, 3.05) is 5.73 Å². The summed E-state index contributed by atoms with van der Waals surface area (Å²) in [5, 5.41) is 4.43. The first-order valence-electron chi connectivity index (χ1n) is 6.71. The molecule has 0 radical (unpaired) electrons. The Bertz CT molecular complexity index is 712. The largest absolute Gasteiger partial charge is 0.398 e. The van der Waals surface area contributed by atoms with Gasteiger partial charge in [0.1, 0.15) is 0 Å². The predicted octanol–water partition coefficient (Wildman–Crippen LogP) is 3.80. The van der Waals surface area contributed by atoms with Crippen LogP contribution >= 0.6 is 11.3 Å². The Hall–Kier alpha value is -2.07. The van der Waals surface area contributed by atoms with Gasteiger partial charge in [-0.2, -0.15) is 5.10 Å². The minimum atomic E-state index is 0.788. The van der Waals surface area contributed by atoms with E-state index in [9.17, 15) is 0 Å². The summed E-state index contributed by atoms with van der Waals surface area (Å²) in [7, 11) is 0. The maximum Gasteiger partial charge on any atom is 0.0752 e. The fourth-order valence-electron chi connectivity index (χ4n) is 2.21. The molecule has 1 aromatic carbocycles. The zero-order valence-electron chi connectivity index (χ0n) is 11.4. The highest BCUT2D eigenvalue weighted by atomic mass is 32.1. The monoisotopic (exact) mass is 283 g/mol. The van der Waals surface area contributed by atoms with E-state index >= 15 is 0 Å². The molecule has 4 heteroatoms. The summed E-state index contributed by atoms with van der Waals surface area (Å²) >= 11 is 1.85. The molecular formula is C16H17N3S. The molecule has 0 saturated heterocycles. The molecule has 0 atom stereocenters. The van der Waals surface area contributed by atoms with E-state index in [1.54, 1.807) is 0 Å². The van der Waals surface area contributed by atoms with Gasteiger partial charge in [0.2, 0.25) is 0 Å². The second-order valence-electron chi connectivity index (χ2n) is 4.74. The lowest BCUT2D eigenvalue weighted by atomic mass is 10.1. The van der Waals surface area contributed by atoms with Crippen LogP contribution in [-0.2, 0) is 13.0 Å². The van der Waals surface area contributed by atoms with Crippen molar-refractivity contribution < 1.29 is 0 Å². The number of aromatic nitrogens is 2. The van der Waals surface area contributed by atoms with E-state index in [-0.39, 0.29) is 0 Å². The lowest BCUT2D eigenvalue weighted by Gasteiger charge is -2.01. The molecule has 0 spiro atoms. The molecular weight excluding hydrogens is 266 g/mol. The topological polar surface area (TPSA) is 43.8 Å². The number of anilines is 1. The van der Waals surface area contributed by atoms with Crippen molar-refractivity contribution in [2.45, 2.75) is 19.9 Å². The molecule has 2 aromatic heterocycles. The SMILES string of the molecule is CCc1ccc(Cn2cc(-c3ccccc3N)cn2)s1. The van der Waals surface area contributed by atoms with Gasteiger partial charge in [-0.15, -0.1) is 11.3 Å². The Morgan fingerprint density at radius 3 is 2.70 bits per heavy atom. The van der Waals surface area contributed by atoms with E-state index in [0.29, 0.717) is 0 Å². The van der Waals surface area contributed by atoms with Crippen LogP contribution in [0.1, 0.15) is 16.7 Å². The number of benzene rings is 1. The molecule has 102 valence electrons. The standard InChI is InChI=1S/C16H17N3S/c1-2-13-7-8-14(20-13)11-19-10-12(9-18-19)15-5-3-4-6-16(15)17/h3-10H,2,11,17H2,1H3. The van der Waals surface area contributed by atoms with E-state index < -0.39 is 0 Å². The number of para-hydroxylation sites is 1. The fraction of sp³-hybridized carbons (Fsp3) is 0.188. The first-order valence-corrected chi connectivity index (χ1v) is 7.53. The maximum atomic E-state index is 6.00. The van der Waals surface area contributed by atoms with Crippen molar-refractivity contribution in [1.82, 2.24) is 9.78 Å². The minimum Gasteiger partial charge on any atom is -0.398 e. The summed E-state index contributed by atoms with van der Waals surface area (Å²) in [6.07, 6.45) is 5.02. The first-order chi connectivity index (χ1) is 9.76. The van der Waals surface area contributed by atoms with Crippen LogP contribution in [0, 0.1) is 0 Å². The van der Waals surface area contributed by atoms with E-state index in [2.05, 4.69) is 30.4 Å². The van der Waals surface area contributed by atoms with Gasteiger partial charge in [0.25, 0.3) is 0 Å². The van der Waals surface area contributed by atoms with E-state index in [1.807, 2.05) is 46.5 Å². The summed E-state index contributed by atoms with van der Waals surface area (Å²) in [6, 6.07) is 12.3. The molecule has 0 fully saturated rings. The van der Waals surface area contributed by atoms with Crippen molar-refractivity contribution in [3.05, 3.63) is 58.5 Å².